The van der Waals surface area contributed by atoms with E-state index in [1.165, 1.54) is 17.7 Å². The van der Waals surface area contributed by atoms with E-state index in [2.05, 4.69) is 20.0 Å². The second-order valence-corrected chi connectivity index (χ2v) is 7.11. The average Bonchev–Trinajstić information content (AvgIpc) is 2.97. The van der Waals surface area contributed by atoms with Gasteiger partial charge in [-0.2, -0.15) is 18.3 Å². The summed E-state index contributed by atoms with van der Waals surface area (Å²) in [5.41, 5.74) is 4.17. The van der Waals surface area contributed by atoms with E-state index in [1.54, 1.807) is 6.20 Å². The molecule has 4 rings (SSSR count). The summed E-state index contributed by atoms with van der Waals surface area (Å²) in [5, 5.41) is 4.38. The van der Waals surface area contributed by atoms with E-state index in [0.717, 1.165) is 55.1 Å². The SMILES string of the molecule is Cc1nn(C)cc1CN1CCc2nc(-c3ccc(C(F)(F)F)cc3)ncc2C1. The van der Waals surface area contributed by atoms with Crippen molar-refractivity contribution in [3.8, 4) is 11.4 Å². The fraction of sp³-hybridized carbons (Fsp3) is 0.350. The lowest BCUT2D eigenvalue weighted by Gasteiger charge is -2.27. The molecular weight excluding hydrogens is 367 g/mol. The summed E-state index contributed by atoms with van der Waals surface area (Å²) in [6.45, 7) is 4.44. The number of rotatable bonds is 3. The molecule has 2 aromatic heterocycles. The van der Waals surface area contributed by atoms with E-state index < -0.39 is 11.7 Å². The van der Waals surface area contributed by atoms with Gasteiger partial charge in [0.2, 0.25) is 0 Å². The predicted molar refractivity (Wildman–Crippen MR) is 98.2 cm³/mol. The molecule has 0 bridgehead atoms. The largest absolute Gasteiger partial charge is 0.416 e. The van der Waals surface area contributed by atoms with Gasteiger partial charge in [0.15, 0.2) is 5.82 Å². The molecule has 1 aliphatic heterocycles. The number of hydrogen-bond acceptors (Lipinski definition) is 4. The van der Waals surface area contributed by atoms with E-state index in [4.69, 9.17) is 0 Å². The second kappa shape index (κ2) is 7.01. The van der Waals surface area contributed by atoms with Crippen LogP contribution in [0.25, 0.3) is 11.4 Å². The summed E-state index contributed by atoms with van der Waals surface area (Å²) in [5.74, 6) is 0.462. The van der Waals surface area contributed by atoms with Crippen LogP contribution in [0, 0.1) is 6.92 Å². The van der Waals surface area contributed by atoms with Crippen LogP contribution < -0.4 is 0 Å². The fourth-order valence-electron chi connectivity index (χ4n) is 3.50. The molecule has 1 aromatic carbocycles. The monoisotopic (exact) mass is 387 g/mol. The number of benzene rings is 1. The van der Waals surface area contributed by atoms with Crippen molar-refractivity contribution in [3.05, 3.63) is 64.7 Å². The van der Waals surface area contributed by atoms with Crippen molar-refractivity contribution in [1.82, 2.24) is 24.6 Å². The molecule has 0 amide bonds. The molecule has 8 heteroatoms. The van der Waals surface area contributed by atoms with Gasteiger partial charge in [0.05, 0.1) is 17.0 Å². The summed E-state index contributed by atoms with van der Waals surface area (Å²) in [6, 6.07) is 4.97. The minimum Gasteiger partial charge on any atom is -0.294 e. The quantitative estimate of drug-likeness (QED) is 0.687. The van der Waals surface area contributed by atoms with E-state index in [9.17, 15) is 13.2 Å². The Hall–Kier alpha value is -2.74. The Kier molecular flexibility index (Phi) is 4.66. The third-order valence-corrected chi connectivity index (χ3v) is 4.99. The Labute approximate surface area is 160 Å². The van der Waals surface area contributed by atoms with Crippen molar-refractivity contribution in [1.29, 1.82) is 0 Å². The van der Waals surface area contributed by atoms with Gasteiger partial charge in [0, 0.05) is 62.2 Å². The highest BCUT2D eigenvalue weighted by Gasteiger charge is 2.30. The number of nitrogens with zero attached hydrogens (tertiary/aromatic N) is 5. The highest BCUT2D eigenvalue weighted by molar-refractivity contribution is 5.56. The van der Waals surface area contributed by atoms with Crippen molar-refractivity contribution in [3.63, 3.8) is 0 Å². The van der Waals surface area contributed by atoms with Crippen molar-refractivity contribution < 1.29 is 13.2 Å². The fourth-order valence-corrected chi connectivity index (χ4v) is 3.50. The van der Waals surface area contributed by atoms with Crippen LogP contribution >= 0.6 is 0 Å². The normalized spacial score (nSPS) is 14.9. The summed E-state index contributed by atoms with van der Waals surface area (Å²) < 4.78 is 40.0. The van der Waals surface area contributed by atoms with Gasteiger partial charge in [-0.25, -0.2) is 9.97 Å². The number of hydrogen-bond donors (Lipinski definition) is 0. The average molecular weight is 387 g/mol. The minimum atomic E-state index is -4.34. The van der Waals surface area contributed by atoms with Gasteiger partial charge in [-0.3, -0.25) is 9.58 Å². The molecule has 0 spiro atoms. The van der Waals surface area contributed by atoms with Gasteiger partial charge in [0.25, 0.3) is 0 Å². The standard InChI is InChI=1S/C20H20F3N5/c1-13-16(10-27(2)26-13)12-28-8-7-18-15(11-28)9-24-19(25-18)14-3-5-17(6-4-14)20(21,22)23/h3-6,9-10H,7-8,11-12H2,1-2H3. The number of alkyl halides is 3. The predicted octanol–water partition coefficient (Wildman–Crippen LogP) is 3.76. The zero-order valence-electron chi connectivity index (χ0n) is 15.7. The van der Waals surface area contributed by atoms with E-state index >= 15 is 0 Å². The van der Waals surface area contributed by atoms with Crippen LogP contribution in [0.4, 0.5) is 13.2 Å². The van der Waals surface area contributed by atoms with Gasteiger partial charge >= 0.3 is 6.18 Å². The molecule has 1 aliphatic rings. The maximum Gasteiger partial charge on any atom is 0.416 e. The van der Waals surface area contributed by atoms with Crippen molar-refractivity contribution in [2.45, 2.75) is 32.6 Å². The molecule has 0 saturated carbocycles. The Morgan fingerprint density at radius 1 is 1.14 bits per heavy atom. The molecule has 3 heterocycles. The number of halogens is 3. The van der Waals surface area contributed by atoms with Crippen molar-refractivity contribution in [2.24, 2.45) is 7.05 Å². The maximum atomic E-state index is 12.7. The summed E-state index contributed by atoms with van der Waals surface area (Å²) in [6.07, 6.45) is 0.267. The Bertz CT molecular complexity index is 992. The van der Waals surface area contributed by atoms with Gasteiger partial charge in [-0.15, -0.1) is 0 Å². The lowest BCUT2D eigenvalue weighted by molar-refractivity contribution is -0.137. The Morgan fingerprint density at radius 3 is 2.54 bits per heavy atom. The maximum absolute atomic E-state index is 12.7. The van der Waals surface area contributed by atoms with Crippen molar-refractivity contribution >= 4 is 0 Å². The molecule has 0 N–H and O–H groups in total. The number of aryl methyl sites for hydroxylation is 2. The molecule has 0 fully saturated rings. The number of aromatic nitrogens is 4. The first-order valence-electron chi connectivity index (χ1n) is 9.03. The first-order chi connectivity index (χ1) is 13.3. The van der Waals surface area contributed by atoms with Gasteiger partial charge < -0.3 is 0 Å². The molecule has 0 unspecified atom stereocenters. The highest BCUT2D eigenvalue weighted by Crippen LogP contribution is 2.30. The van der Waals surface area contributed by atoms with Gasteiger partial charge in [-0.1, -0.05) is 12.1 Å². The molecule has 5 nitrogen and oxygen atoms in total. The highest BCUT2D eigenvalue weighted by atomic mass is 19.4. The zero-order valence-corrected chi connectivity index (χ0v) is 15.7. The van der Waals surface area contributed by atoms with Gasteiger partial charge in [-0.05, 0) is 19.1 Å². The second-order valence-electron chi connectivity index (χ2n) is 7.11. The van der Waals surface area contributed by atoms with E-state index in [1.807, 2.05) is 24.9 Å². The Balaban J connectivity index is 1.50. The van der Waals surface area contributed by atoms with Crippen LogP contribution in [0.1, 0.15) is 28.1 Å². The lowest BCUT2D eigenvalue weighted by atomic mass is 10.1. The lowest BCUT2D eigenvalue weighted by Crippen LogP contribution is -2.31. The molecular formula is C20H20F3N5. The van der Waals surface area contributed by atoms with Crippen LogP contribution in [-0.2, 0) is 32.7 Å². The molecule has 0 aliphatic carbocycles. The topological polar surface area (TPSA) is 46.8 Å². The summed E-state index contributed by atoms with van der Waals surface area (Å²) in [7, 11) is 1.92. The molecule has 0 radical (unpaired) electrons. The van der Waals surface area contributed by atoms with Crippen molar-refractivity contribution in [2.75, 3.05) is 6.54 Å². The number of fused-ring (bicyclic) bond motifs is 1. The molecule has 3 aromatic rings. The minimum absolute atomic E-state index is 0.462. The van der Waals surface area contributed by atoms with Crippen LogP contribution in [-0.4, -0.2) is 31.2 Å². The van der Waals surface area contributed by atoms with Crippen LogP contribution in [0.5, 0.6) is 0 Å². The van der Waals surface area contributed by atoms with E-state index in [0.29, 0.717) is 11.4 Å². The van der Waals surface area contributed by atoms with Crippen LogP contribution in [0.2, 0.25) is 0 Å². The van der Waals surface area contributed by atoms with E-state index in [-0.39, 0.29) is 0 Å². The molecule has 0 atom stereocenters. The van der Waals surface area contributed by atoms with Gasteiger partial charge in [0.1, 0.15) is 0 Å². The molecule has 0 saturated heterocycles. The molecule has 28 heavy (non-hydrogen) atoms. The molecule has 146 valence electrons. The third kappa shape index (κ3) is 3.77. The smallest absolute Gasteiger partial charge is 0.294 e. The first kappa shape index (κ1) is 18.6. The zero-order chi connectivity index (χ0) is 19.9. The summed E-state index contributed by atoms with van der Waals surface area (Å²) in [4.78, 5) is 11.3. The van der Waals surface area contributed by atoms with Crippen LogP contribution in [0.15, 0.2) is 36.7 Å². The first-order valence-corrected chi connectivity index (χ1v) is 9.03. The Morgan fingerprint density at radius 2 is 1.89 bits per heavy atom. The third-order valence-electron chi connectivity index (χ3n) is 4.99. The summed E-state index contributed by atoms with van der Waals surface area (Å²) >= 11 is 0. The van der Waals surface area contributed by atoms with Crippen LogP contribution in [0.3, 0.4) is 0 Å².